The number of aryl methyl sites for hydroxylation is 1. The van der Waals surface area contributed by atoms with E-state index in [9.17, 15) is 18.0 Å². The molecule has 0 bridgehead atoms. The number of carbonyl (C=O) groups is 2. The standard InChI is InChI=1S/C30H32N4O6S2/c1-3-24-27(22-12-8-5-9-13-22)41-29(33-24)26(19-21-14-16-23(17-15-21)42(37,38)40-31)32-28(35)25(34-30(36)39-2)18-20-10-6-4-7-11-20/h4-17,25-26H,3,18-19,31H2,1-2H3,(H,32,35)(H,34,36)/t25-,26-/m0/s1. The molecule has 0 aliphatic rings. The summed E-state index contributed by atoms with van der Waals surface area (Å²) >= 11 is 1.48. The molecule has 0 spiro atoms. The fraction of sp³-hybridized carbons (Fsp3) is 0.233. The van der Waals surface area contributed by atoms with Gasteiger partial charge >= 0.3 is 16.2 Å². The molecule has 0 aliphatic heterocycles. The first-order chi connectivity index (χ1) is 20.2. The zero-order valence-corrected chi connectivity index (χ0v) is 24.8. The van der Waals surface area contributed by atoms with Crippen LogP contribution in [0.15, 0.2) is 89.8 Å². The number of thiazole rings is 1. The highest BCUT2D eigenvalue weighted by Crippen LogP contribution is 2.34. The van der Waals surface area contributed by atoms with Crippen molar-refractivity contribution in [1.82, 2.24) is 15.6 Å². The van der Waals surface area contributed by atoms with Crippen molar-refractivity contribution in [2.75, 3.05) is 7.11 Å². The number of aromatic nitrogens is 1. The van der Waals surface area contributed by atoms with Gasteiger partial charge in [0.15, 0.2) is 0 Å². The van der Waals surface area contributed by atoms with Gasteiger partial charge in [0.05, 0.1) is 28.6 Å². The second-order valence-corrected chi connectivity index (χ2v) is 12.0. The molecule has 10 nitrogen and oxygen atoms in total. The number of hydrogen-bond acceptors (Lipinski definition) is 9. The monoisotopic (exact) mass is 608 g/mol. The first-order valence-electron chi connectivity index (χ1n) is 13.2. The van der Waals surface area contributed by atoms with Crippen molar-refractivity contribution < 1.29 is 27.0 Å². The van der Waals surface area contributed by atoms with Gasteiger partial charge in [0.1, 0.15) is 11.0 Å². The van der Waals surface area contributed by atoms with Crippen LogP contribution >= 0.6 is 11.3 Å². The predicted octanol–water partition coefficient (Wildman–Crippen LogP) is 4.32. The van der Waals surface area contributed by atoms with Crippen LogP contribution in [0, 0.1) is 0 Å². The number of nitrogens with two attached hydrogens (primary N) is 1. The van der Waals surface area contributed by atoms with E-state index in [-0.39, 0.29) is 11.3 Å². The molecular weight excluding hydrogens is 576 g/mol. The van der Waals surface area contributed by atoms with E-state index >= 15 is 0 Å². The summed E-state index contributed by atoms with van der Waals surface area (Å²) in [6, 6.07) is 23.8. The largest absolute Gasteiger partial charge is 0.453 e. The van der Waals surface area contributed by atoms with Crippen LogP contribution in [0.4, 0.5) is 4.79 Å². The predicted molar refractivity (Wildman–Crippen MR) is 160 cm³/mol. The third-order valence-corrected chi connectivity index (χ3v) is 8.92. The summed E-state index contributed by atoms with van der Waals surface area (Å²) in [5.41, 5.74) is 3.52. The van der Waals surface area contributed by atoms with E-state index in [1.807, 2.05) is 67.6 Å². The van der Waals surface area contributed by atoms with Crippen molar-refractivity contribution in [3.63, 3.8) is 0 Å². The Morgan fingerprint density at radius 3 is 2.12 bits per heavy atom. The number of methoxy groups -OCH3 is 1. The van der Waals surface area contributed by atoms with Crippen molar-refractivity contribution in [3.8, 4) is 10.4 Å². The van der Waals surface area contributed by atoms with E-state index in [1.54, 1.807) is 12.1 Å². The number of nitrogens with one attached hydrogen (secondary N) is 2. The molecule has 220 valence electrons. The van der Waals surface area contributed by atoms with Crippen LogP contribution in [-0.4, -0.2) is 38.6 Å². The zero-order valence-electron chi connectivity index (χ0n) is 23.1. The van der Waals surface area contributed by atoms with E-state index in [0.29, 0.717) is 17.8 Å². The number of benzene rings is 3. The van der Waals surface area contributed by atoms with Gasteiger partial charge in [-0.25, -0.2) is 9.78 Å². The summed E-state index contributed by atoms with van der Waals surface area (Å²) in [6.45, 7) is 2.02. The maximum absolute atomic E-state index is 13.7. The van der Waals surface area contributed by atoms with Crippen LogP contribution in [0.25, 0.3) is 10.4 Å². The van der Waals surface area contributed by atoms with E-state index in [2.05, 4.69) is 14.9 Å². The molecule has 0 radical (unpaired) electrons. The van der Waals surface area contributed by atoms with Crippen molar-refractivity contribution >= 4 is 33.5 Å². The Bertz CT molecular complexity index is 1590. The average Bonchev–Trinajstić information content (AvgIpc) is 3.46. The molecule has 3 aromatic carbocycles. The summed E-state index contributed by atoms with van der Waals surface area (Å²) in [5, 5.41) is 6.39. The third-order valence-electron chi connectivity index (χ3n) is 6.55. The number of nitrogens with zero attached hydrogens (tertiary/aromatic N) is 1. The Morgan fingerprint density at radius 1 is 0.905 bits per heavy atom. The Labute approximate surface area is 249 Å². The Hall–Kier alpha value is -4.10. The quantitative estimate of drug-likeness (QED) is 0.201. The summed E-state index contributed by atoms with van der Waals surface area (Å²) in [5.74, 6) is 4.50. The van der Waals surface area contributed by atoms with E-state index in [0.717, 1.165) is 27.3 Å². The topological polar surface area (TPSA) is 150 Å². The second kappa shape index (κ2) is 14.2. The third kappa shape index (κ3) is 7.79. The lowest BCUT2D eigenvalue weighted by Crippen LogP contribution is -2.49. The van der Waals surface area contributed by atoms with Crippen LogP contribution in [0.1, 0.15) is 34.8 Å². The maximum atomic E-state index is 13.7. The molecule has 0 saturated carbocycles. The number of hydrogen-bond donors (Lipinski definition) is 3. The zero-order chi connectivity index (χ0) is 30.1. The molecule has 4 N–H and O–H groups in total. The molecule has 2 amide bonds. The Morgan fingerprint density at radius 2 is 1.52 bits per heavy atom. The van der Waals surface area contributed by atoms with Crippen LogP contribution in [0.2, 0.25) is 0 Å². The molecule has 12 heteroatoms. The molecular formula is C30H32N4O6S2. The van der Waals surface area contributed by atoms with E-state index < -0.39 is 34.2 Å². The van der Waals surface area contributed by atoms with Crippen LogP contribution in [0.5, 0.6) is 0 Å². The maximum Gasteiger partial charge on any atom is 0.407 e. The van der Waals surface area contributed by atoms with Crippen molar-refractivity contribution in [3.05, 3.63) is 107 Å². The number of ether oxygens (including phenoxy) is 1. The number of rotatable bonds is 12. The van der Waals surface area contributed by atoms with Crippen molar-refractivity contribution in [1.29, 1.82) is 0 Å². The molecule has 1 aromatic heterocycles. The Kier molecular flexibility index (Phi) is 10.4. The molecule has 4 rings (SSSR count). The summed E-state index contributed by atoms with van der Waals surface area (Å²) in [6.07, 6.45) is 0.507. The van der Waals surface area contributed by atoms with Gasteiger partial charge in [-0.05, 0) is 41.7 Å². The average molecular weight is 609 g/mol. The highest BCUT2D eigenvalue weighted by Gasteiger charge is 2.28. The molecule has 4 aromatic rings. The van der Waals surface area contributed by atoms with Gasteiger partial charge < -0.3 is 15.4 Å². The van der Waals surface area contributed by atoms with Crippen LogP contribution < -0.4 is 16.5 Å². The normalized spacial score (nSPS) is 12.7. The first kappa shape index (κ1) is 30.8. The van der Waals surface area contributed by atoms with Gasteiger partial charge in [-0.3, -0.25) is 4.79 Å². The lowest BCUT2D eigenvalue weighted by atomic mass is 10.0. The van der Waals surface area contributed by atoms with Gasteiger partial charge in [-0.1, -0.05) is 79.7 Å². The fourth-order valence-corrected chi connectivity index (χ4v) is 6.18. The minimum absolute atomic E-state index is 0.0894. The SMILES string of the molecule is CCc1nc([C@H](Cc2ccc(S(=O)(=O)ON)cc2)NC(=O)[C@H](Cc2ccccc2)NC(=O)OC)sc1-c1ccccc1. The first-order valence-corrected chi connectivity index (χ1v) is 15.4. The highest BCUT2D eigenvalue weighted by molar-refractivity contribution is 7.86. The highest BCUT2D eigenvalue weighted by atomic mass is 32.2. The fourth-order valence-electron chi connectivity index (χ4n) is 4.39. The van der Waals surface area contributed by atoms with E-state index in [1.165, 1.54) is 30.6 Å². The number of alkyl carbamates (subject to hydrolysis) is 1. The van der Waals surface area contributed by atoms with E-state index in [4.69, 9.17) is 15.6 Å². The summed E-state index contributed by atoms with van der Waals surface area (Å²) in [7, 11) is -2.82. The lowest BCUT2D eigenvalue weighted by Gasteiger charge is -2.22. The molecule has 42 heavy (non-hydrogen) atoms. The molecule has 2 atom stereocenters. The molecule has 1 heterocycles. The minimum Gasteiger partial charge on any atom is -0.453 e. The van der Waals surface area contributed by atoms with Crippen LogP contribution in [-0.2, 0) is 43.2 Å². The van der Waals surface area contributed by atoms with Gasteiger partial charge in [0.25, 0.3) is 0 Å². The van der Waals surface area contributed by atoms with Gasteiger partial charge in [0, 0.05) is 6.42 Å². The van der Waals surface area contributed by atoms with Gasteiger partial charge in [-0.15, -0.1) is 11.3 Å². The van der Waals surface area contributed by atoms with Gasteiger partial charge in [0.2, 0.25) is 5.91 Å². The van der Waals surface area contributed by atoms with Crippen molar-refractivity contribution in [2.45, 2.75) is 43.2 Å². The molecule has 0 fully saturated rings. The number of amides is 2. The molecule has 0 aliphatic carbocycles. The summed E-state index contributed by atoms with van der Waals surface area (Å²) in [4.78, 5) is 31.7. The van der Waals surface area contributed by atoms with Crippen LogP contribution in [0.3, 0.4) is 0 Å². The number of carbonyl (C=O) groups excluding carboxylic acids is 2. The minimum atomic E-state index is -4.06. The summed E-state index contributed by atoms with van der Waals surface area (Å²) < 4.78 is 32.9. The van der Waals surface area contributed by atoms with Gasteiger partial charge in [-0.2, -0.15) is 18.6 Å². The lowest BCUT2D eigenvalue weighted by molar-refractivity contribution is -0.123. The molecule has 0 unspecified atom stereocenters. The molecule has 0 saturated heterocycles. The smallest absolute Gasteiger partial charge is 0.407 e. The Balaban J connectivity index is 1.68. The second-order valence-electron chi connectivity index (χ2n) is 9.39. The van der Waals surface area contributed by atoms with Crippen molar-refractivity contribution in [2.24, 2.45) is 5.90 Å².